The van der Waals surface area contributed by atoms with Crippen molar-refractivity contribution >= 4 is 0 Å². The third kappa shape index (κ3) is 3.43. The van der Waals surface area contributed by atoms with E-state index in [0.29, 0.717) is 19.1 Å². The average molecular weight is 212 g/mol. The summed E-state index contributed by atoms with van der Waals surface area (Å²) in [7, 11) is 1.54. The van der Waals surface area contributed by atoms with Crippen LogP contribution in [0.15, 0.2) is 12.1 Å². The number of nitrogens with two attached hydrogens (primary N) is 1. The normalized spacial score (nSPS) is 12.5. The molecule has 1 atom stereocenters. The van der Waals surface area contributed by atoms with Gasteiger partial charge in [0.05, 0.1) is 25.5 Å². The lowest BCUT2D eigenvalue weighted by molar-refractivity contribution is 0.121. The van der Waals surface area contributed by atoms with E-state index in [-0.39, 0.29) is 6.04 Å². The molecule has 0 fully saturated rings. The summed E-state index contributed by atoms with van der Waals surface area (Å²) in [6.07, 6.45) is 0. The van der Waals surface area contributed by atoms with Crippen molar-refractivity contribution in [2.75, 3.05) is 20.3 Å². The van der Waals surface area contributed by atoms with E-state index in [0.717, 1.165) is 5.69 Å². The second-order valence-electron chi connectivity index (χ2n) is 2.88. The molecule has 15 heavy (non-hydrogen) atoms. The molecule has 0 aliphatic carbocycles. The summed E-state index contributed by atoms with van der Waals surface area (Å²) in [5.41, 5.74) is 3.35. The standard InChI is InChI=1S/C9H16N4O2/c1-3-15-6-8(11-10)7-4-5-9(14-2)13-12-7/h4-5,8,11H,3,6,10H2,1-2H3. The van der Waals surface area contributed by atoms with Crippen LogP contribution in [-0.2, 0) is 4.74 Å². The molecule has 0 aromatic carbocycles. The molecule has 0 saturated heterocycles. The van der Waals surface area contributed by atoms with Gasteiger partial charge in [-0.15, -0.1) is 5.10 Å². The maximum atomic E-state index is 5.39. The Bertz CT molecular complexity index is 278. The summed E-state index contributed by atoms with van der Waals surface area (Å²) in [5, 5.41) is 7.83. The lowest BCUT2D eigenvalue weighted by Crippen LogP contribution is -2.32. The first-order valence-corrected chi connectivity index (χ1v) is 4.73. The summed E-state index contributed by atoms with van der Waals surface area (Å²) < 4.78 is 10.2. The van der Waals surface area contributed by atoms with E-state index >= 15 is 0 Å². The predicted molar refractivity (Wildman–Crippen MR) is 55.1 cm³/mol. The van der Waals surface area contributed by atoms with Crippen LogP contribution in [0, 0.1) is 0 Å². The largest absolute Gasteiger partial charge is 0.480 e. The van der Waals surface area contributed by atoms with Gasteiger partial charge in [0.2, 0.25) is 5.88 Å². The smallest absolute Gasteiger partial charge is 0.233 e. The van der Waals surface area contributed by atoms with Gasteiger partial charge in [0.25, 0.3) is 0 Å². The Labute approximate surface area is 88.8 Å². The number of hydrazine groups is 1. The summed E-state index contributed by atoms with van der Waals surface area (Å²) in [6.45, 7) is 3.03. The lowest BCUT2D eigenvalue weighted by atomic mass is 10.2. The van der Waals surface area contributed by atoms with Crippen molar-refractivity contribution in [3.8, 4) is 5.88 Å². The van der Waals surface area contributed by atoms with Crippen LogP contribution >= 0.6 is 0 Å². The Hall–Kier alpha value is -1.24. The van der Waals surface area contributed by atoms with Crippen LogP contribution in [0.3, 0.4) is 0 Å². The molecule has 0 aliphatic rings. The molecule has 1 heterocycles. The summed E-state index contributed by atoms with van der Waals surface area (Å²) >= 11 is 0. The first-order chi connectivity index (χ1) is 7.31. The van der Waals surface area contributed by atoms with Crippen molar-refractivity contribution < 1.29 is 9.47 Å². The molecule has 1 aromatic heterocycles. The van der Waals surface area contributed by atoms with Gasteiger partial charge in [-0.2, -0.15) is 5.10 Å². The summed E-state index contributed by atoms with van der Waals surface area (Å²) in [5.74, 6) is 5.86. The van der Waals surface area contributed by atoms with Crippen molar-refractivity contribution in [1.29, 1.82) is 0 Å². The third-order valence-corrected chi connectivity index (χ3v) is 1.92. The van der Waals surface area contributed by atoms with Gasteiger partial charge in [-0.3, -0.25) is 5.84 Å². The highest BCUT2D eigenvalue weighted by Crippen LogP contribution is 2.11. The van der Waals surface area contributed by atoms with Gasteiger partial charge in [0.15, 0.2) is 0 Å². The number of aromatic nitrogens is 2. The van der Waals surface area contributed by atoms with Crippen molar-refractivity contribution in [2.24, 2.45) is 5.84 Å². The number of hydrogen-bond acceptors (Lipinski definition) is 6. The van der Waals surface area contributed by atoms with Gasteiger partial charge < -0.3 is 9.47 Å². The van der Waals surface area contributed by atoms with Gasteiger partial charge in [-0.05, 0) is 13.0 Å². The minimum atomic E-state index is -0.150. The molecule has 3 N–H and O–H groups in total. The van der Waals surface area contributed by atoms with E-state index in [1.807, 2.05) is 6.92 Å². The molecule has 0 radical (unpaired) electrons. The quantitative estimate of drug-likeness (QED) is 0.511. The monoisotopic (exact) mass is 212 g/mol. The minimum Gasteiger partial charge on any atom is -0.480 e. The van der Waals surface area contributed by atoms with E-state index < -0.39 is 0 Å². The van der Waals surface area contributed by atoms with Crippen LogP contribution in [0.4, 0.5) is 0 Å². The van der Waals surface area contributed by atoms with E-state index in [1.54, 1.807) is 19.2 Å². The first kappa shape index (κ1) is 11.8. The zero-order valence-corrected chi connectivity index (χ0v) is 8.93. The Morgan fingerprint density at radius 1 is 1.47 bits per heavy atom. The zero-order chi connectivity index (χ0) is 11.1. The second kappa shape index (κ2) is 6.28. The molecule has 1 rings (SSSR count). The highest BCUT2D eigenvalue weighted by Gasteiger charge is 2.11. The van der Waals surface area contributed by atoms with Crippen molar-refractivity contribution in [3.05, 3.63) is 17.8 Å². The van der Waals surface area contributed by atoms with Crippen LogP contribution in [0.2, 0.25) is 0 Å². The maximum Gasteiger partial charge on any atom is 0.233 e. The number of nitrogens with one attached hydrogen (secondary N) is 1. The van der Waals surface area contributed by atoms with Crippen molar-refractivity contribution in [3.63, 3.8) is 0 Å². The predicted octanol–water partition coefficient (Wildman–Crippen LogP) is 0.0261. The Morgan fingerprint density at radius 3 is 2.73 bits per heavy atom. The topological polar surface area (TPSA) is 82.3 Å². The molecule has 6 heteroatoms. The van der Waals surface area contributed by atoms with Gasteiger partial charge >= 0.3 is 0 Å². The Balaban J connectivity index is 2.65. The number of ether oxygens (including phenoxy) is 2. The zero-order valence-electron chi connectivity index (χ0n) is 8.93. The van der Waals surface area contributed by atoms with Crippen LogP contribution in [0.1, 0.15) is 18.7 Å². The van der Waals surface area contributed by atoms with Crippen LogP contribution < -0.4 is 16.0 Å². The molecular formula is C9H16N4O2. The first-order valence-electron chi connectivity index (χ1n) is 4.73. The Kier molecular flexibility index (Phi) is 4.96. The Morgan fingerprint density at radius 2 is 2.27 bits per heavy atom. The van der Waals surface area contributed by atoms with E-state index in [1.165, 1.54) is 0 Å². The van der Waals surface area contributed by atoms with Crippen molar-refractivity contribution in [1.82, 2.24) is 15.6 Å². The summed E-state index contributed by atoms with van der Waals surface area (Å²) in [6, 6.07) is 3.39. The van der Waals surface area contributed by atoms with Crippen LogP contribution in [0.25, 0.3) is 0 Å². The molecule has 0 aliphatic heterocycles. The number of rotatable bonds is 6. The molecule has 1 aromatic rings. The van der Waals surface area contributed by atoms with Gasteiger partial charge in [0, 0.05) is 12.7 Å². The number of methoxy groups -OCH3 is 1. The molecule has 84 valence electrons. The minimum absolute atomic E-state index is 0.150. The van der Waals surface area contributed by atoms with E-state index in [4.69, 9.17) is 15.3 Å². The van der Waals surface area contributed by atoms with Crippen molar-refractivity contribution in [2.45, 2.75) is 13.0 Å². The SMILES string of the molecule is CCOCC(NN)c1ccc(OC)nn1. The maximum absolute atomic E-state index is 5.39. The second-order valence-corrected chi connectivity index (χ2v) is 2.88. The fraction of sp³-hybridized carbons (Fsp3) is 0.556. The molecule has 0 spiro atoms. The van der Waals surface area contributed by atoms with Gasteiger partial charge in [-0.1, -0.05) is 0 Å². The number of nitrogens with zero attached hydrogens (tertiary/aromatic N) is 2. The van der Waals surface area contributed by atoms with Crippen LogP contribution in [-0.4, -0.2) is 30.5 Å². The molecule has 1 unspecified atom stereocenters. The van der Waals surface area contributed by atoms with E-state index in [9.17, 15) is 0 Å². The highest BCUT2D eigenvalue weighted by molar-refractivity contribution is 5.13. The fourth-order valence-electron chi connectivity index (χ4n) is 1.08. The molecule has 0 saturated carbocycles. The molecule has 6 nitrogen and oxygen atoms in total. The fourth-order valence-corrected chi connectivity index (χ4v) is 1.08. The van der Waals surface area contributed by atoms with Gasteiger partial charge in [-0.25, -0.2) is 5.43 Å². The molecule has 0 bridgehead atoms. The lowest BCUT2D eigenvalue weighted by Gasteiger charge is -2.14. The van der Waals surface area contributed by atoms with E-state index in [2.05, 4.69) is 15.6 Å². The molecule has 0 amide bonds. The summed E-state index contributed by atoms with van der Waals surface area (Å²) in [4.78, 5) is 0. The average Bonchev–Trinajstić information content (AvgIpc) is 2.31. The number of hydrogen-bond donors (Lipinski definition) is 2. The highest BCUT2D eigenvalue weighted by atomic mass is 16.5. The van der Waals surface area contributed by atoms with Gasteiger partial charge in [0.1, 0.15) is 0 Å². The third-order valence-electron chi connectivity index (χ3n) is 1.92. The van der Waals surface area contributed by atoms with Crippen LogP contribution in [0.5, 0.6) is 5.88 Å². The molecular weight excluding hydrogens is 196 g/mol.